The number of unbranched alkanes of at least 4 members (excludes halogenated alkanes) is 31. The third-order valence-electron chi connectivity index (χ3n) is 11.5. The van der Waals surface area contributed by atoms with Gasteiger partial charge in [-0.2, -0.15) is 0 Å². The van der Waals surface area contributed by atoms with Crippen LogP contribution in [0.5, 0.6) is 0 Å². The number of amides is 1. The van der Waals surface area contributed by atoms with Crippen molar-refractivity contribution in [3.63, 3.8) is 0 Å². The van der Waals surface area contributed by atoms with E-state index in [1.165, 1.54) is 173 Å². The zero-order chi connectivity index (χ0) is 41.7. The molecule has 0 heterocycles. The lowest BCUT2D eigenvalue weighted by Crippen LogP contribution is -2.46. The number of rotatable bonds is 45. The van der Waals surface area contributed by atoms with Gasteiger partial charge >= 0.3 is 5.97 Å². The Morgan fingerprint density at radius 2 is 0.930 bits per heavy atom. The van der Waals surface area contributed by atoms with Crippen LogP contribution in [0, 0.1) is 0 Å². The molecule has 0 radical (unpaired) electrons. The van der Waals surface area contributed by atoms with E-state index in [0.29, 0.717) is 12.8 Å². The van der Waals surface area contributed by atoms with E-state index in [-0.39, 0.29) is 24.9 Å². The molecule has 3 N–H and O–H groups in total. The molecule has 0 spiro atoms. The number of allylic oxidation sites excluding steroid dienone is 3. The number of aliphatic hydroxyl groups excluding tert-OH is 2. The van der Waals surface area contributed by atoms with Crippen molar-refractivity contribution in [2.75, 3.05) is 6.61 Å². The van der Waals surface area contributed by atoms with Crippen molar-refractivity contribution < 1.29 is 24.5 Å². The second-order valence-electron chi connectivity index (χ2n) is 17.2. The normalized spacial score (nSPS) is 13.4. The van der Waals surface area contributed by atoms with Crippen LogP contribution in [0.15, 0.2) is 24.3 Å². The topological polar surface area (TPSA) is 95.9 Å². The molecule has 0 saturated heterocycles. The summed E-state index contributed by atoms with van der Waals surface area (Å²) < 4.78 is 5.81. The molecule has 0 rings (SSSR count). The molecule has 0 fully saturated rings. The van der Waals surface area contributed by atoms with Crippen LogP contribution in [0.2, 0.25) is 0 Å². The third kappa shape index (κ3) is 40.9. The highest BCUT2D eigenvalue weighted by atomic mass is 16.5. The number of hydrogen-bond donors (Lipinski definition) is 3. The molecule has 0 aliphatic rings. The molecule has 0 aliphatic carbocycles. The molecular weight excluding hydrogens is 707 g/mol. The summed E-state index contributed by atoms with van der Waals surface area (Å²) in [6, 6.07) is -0.726. The first-order valence-corrected chi connectivity index (χ1v) is 25.1. The van der Waals surface area contributed by atoms with Gasteiger partial charge in [-0.3, -0.25) is 9.59 Å². The number of ether oxygens (including phenoxy) is 1. The van der Waals surface area contributed by atoms with Gasteiger partial charge in [-0.05, 0) is 38.2 Å². The van der Waals surface area contributed by atoms with Gasteiger partial charge in [-0.25, -0.2) is 0 Å². The maximum atomic E-state index is 13.1. The average molecular weight is 804 g/mol. The Hall–Kier alpha value is -1.66. The highest BCUT2D eigenvalue weighted by Crippen LogP contribution is 2.17. The van der Waals surface area contributed by atoms with Gasteiger partial charge in [0.2, 0.25) is 5.91 Å². The monoisotopic (exact) mass is 804 g/mol. The van der Waals surface area contributed by atoms with Crippen molar-refractivity contribution in [2.45, 2.75) is 283 Å². The van der Waals surface area contributed by atoms with Crippen LogP contribution in [0.4, 0.5) is 0 Å². The van der Waals surface area contributed by atoms with Crippen LogP contribution in [0.3, 0.4) is 0 Å². The lowest BCUT2D eigenvalue weighted by atomic mass is 10.0. The second-order valence-corrected chi connectivity index (χ2v) is 17.2. The van der Waals surface area contributed by atoms with Crippen molar-refractivity contribution in [2.24, 2.45) is 0 Å². The molecule has 0 saturated carbocycles. The molecule has 3 atom stereocenters. The van der Waals surface area contributed by atoms with Crippen molar-refractivity contribution in [1.82, 2.24) is 5.32 Å². The van der Waals surface area contributed by atoms with Crippen molar-refractivity contribution in [3.05, 3.63) is 24.3 Å². The minimum absolute atomic E-state index is 0.0236. The van der Waals surface area contributed by atoms with E-state index in [1.807, 2.05) is 12.2 Å². The molecular formula is C51H97NO5. The smallest absolute Gasteiger partial charge is 0.306 e. The Kier molecular flexibility index (Phi) is 44.1. The van der Waals surface area contributed by atoms with E-state index in [2.05, 4.69) is 38.2 Å². The van der Waals surface area contributed by atoms with E-state index in [0.717, 1.165) is 51.4 Å². The molecule has 6 nitrogen and oxygen atoms in total. The van der Waals surface area contributed by atoms with Gasteiger partial charge in [0.05, 0.1) is 25.2 Å². The molecule has 0 aliphatic heterocycles. The molecule has 0 bridgehead atoms. The van der Waals surface area contributed by atoms with Crippen LogP contribution < -0.4 is 5.32 Å². The van der Waals surface area contributed by atoms with E-state index in [9.17, 15) is 19.8 Å². The minimum atomic E-state index is -0.806. The summed E-state index contributed by atoms with van der Waals surface area (Å²) in [6.07, 6.45) is 51.3. The predicted molar refractivity (Wildman–Crippen MR) is 246 cm³/mol. The van der Waals surface area contributed by atoms with Crippen LogP contribution >= 0.6 is 0 Å². The summed E-state index contributed by atoms with van der Waals surface area (Å²) in [6.45, 7) is 6.45. The number of aliphatic hydroxyl groups is 2. The summed E-state index contributed by atoms with van der Waals surface area (Å²) in [5.74, 6) is -0.593. The Bertz CT molecular complexity index is 904. The molecule has 57 heavy (non-hydrogen) atoms. The number of esters is 1. The minimum Gasteiger partial charge on any atom is -0.458 e. The number of hydrogen-bond acceptors (Lipinski definition) is 5. The molecule has 336 valence electrons. The molecule has 0 aromatic heterocycles. The van der Waals surface area contributed by atoms with E-state index >= 15 is 0 Å². The zero-order valence-corrected chi connectivity index (χ0v) is 38.2. The van der Waals surface area contributed by atoms with Crippen LogP contribution in [-0.4, -0.2) is 46.9 Å². The fourth-order valence-corrected chi connectivity index (χ4v) is 7.69. The lowest BCUT2D eigenvalue weighted by molar-refractivity contribution is -0.148. The van der Waals surface area contributed by atoms with Gasteiger partial charge in [0.15, 0.2) is 0 Å². The van der Waals surface area contributed by atoms with Crippen LogP contribution in [-0.2, 0) is 14.3 Å². The Morgan fingerprint density at radius 3 is 1.37 bits per heavy atom. The second kappa shape index (κ2) is 45.4. The molecule has 6 heteroatoms. The highest BCUT2D eigenvalue weighted by molar-refractivity contribution is 5.78. The molecule has 0 aromatic carbocycles. The fourth-order valence-electron chi connectivity index (χ4n) is 7.69. The number of carbonyl (C=O) groups excluding carboxylic acids is 2. The Balaban J connectivity index is 4.54. The Morgan fingerprint density at radius 1 is 0.526 bits per heavy atom. The first kappa shape index (κ1) is 55.3. The largest absolute Gasteiger partial charge is 0.458 e. The quantitative estimate of drug-likeness (QED) is 0.0324. The zero-order valence-electron chi connectivity index (χ0n) is 38.2. The maximum absolute atomic E-state index is 13.1. The van der Waals surface area contributed by atoms with Crippen molar-refractivity contribution in [1.29, 1.82) is 0 Å². The molecule has 0 aromatic rings. The first-order chi connectivity index (χ1) is 28.0. The van der Waals surface area contributed by atoms with Crippen molar-refractivity contribution >= 4 is 11.9 Å². The summed E-state index contributed by atoms with van der Waals surface area (Å²) in [5.41, 5.74) is 0. The van der Waals surface area contributed by atoms with Crippen LogP contribution in [0.1, 0.15) is 265 Å². The Labute approximate surface area is 354 Å². The molecule has 1 amide bonds. The van der Waals surface area contributed by atoms with E-state index in [4.69, 9.17) is 4.74 Å². The van der Waals surface area contributed by atoms with Crippen molar-refractivity contribution in [3.8, 4) is 0 Å². The van der Waals surface area contributed by atoms with Gasteiger partial charge < -0.3 is 20.3 Å². The van der Waals surface area contributed by atoms with Gasteiger partial charge in [0.25, 0.3) is 0 Å². The van der Waals surface area contributed by atoms with Crippen LogP contribution in [0.25, 0.3) is 0 Å². The standard InChI is InChI=1S/C51H97NO5/c1-4-7-10-13-16-19-22-23-24-25-26-29-31-34-37-40-43-49(54)48(46-53)52-50(55)45-47(42-39-36-33-30-27-20-17-14-11-8-5-2)57-51(56)44-41-38-35-32-28-21-18-15-12-9-6-3/h30,33,39,42,47-49,53-54H,4-29,31-32,34-38,40-41,43-46H2,1-3H3,(H,52,55)/b33-30-,42-39+. The summed E-state index contributed by atoms with van der Waals surface area (Å²) in [5, 5.41) is 23.7. The molecule has 3 unspecified atom stereocenters. The number of nitrogens with one attached hydrogen (secondary N) is 1. The SMILES string of the molecule is CCCCCCCC/C=C\C/C=C/C(CC(=O)NC(CO)C(O)CCCCCCCCCCCCCCCCCC)OC(=O)CCCCCCCCCCCCC. The fraction of sp³-hybridized carbons (Fsp3) is 0.882. The van der Waals surface area contributed by atoms with Gasteiger partial charge in [-0.15, -0.1) is 0 Å². The van der Waals surface area contributed by atoms with E-state index < -0.39 is 18.2 Å². The predicted octanol–water partition coefficient (Wildman–Crippen LogP) is 14.7. The van der Waals surface area contributed by atoms with Gasteiger partial charge in [0, 0.05) is 6.42 Å². The van der Waals surface area contributed by atoms with Gasteiger partial charge in [0.1, 0.15) is 6.10 Å². The third-order valence-corrected chi connectivity index (χ3v) is 11.5. The average Bonchev–Trinajstić information content (AvgIpc) is 3.20. The highest BCUT2D eigenvalue weighted by Gasteiger charge is 2.23. The lowest BCUT2D eigenvalue weighted by Gasteiger charge is -2.23. The van der Waals surface area contributed by atoms with Gasteiger partial charge in [-0.1, -0.05) is 238 Å². The summed E-state index contributed by atoms with van der Waals surface area (Å²) in [4.78, 5) is 25.9. The summed E-state index contributed by atoms with van der Waals surface area (Å²) in [7, 11) is 0. The first-order valence-electron chi connectivity index (χ1n) is 25.1. The van der Waals surface area contributed by atoms with E-state index in [1.54, 1.807) is 0 Å². The maximum Gasteiger partial charge on any atom is 0.306 e. The summed E-state index contributed by atoms with van der Waals surface area (Å²) >= 11 is 0. The number of carbonyl (C=O) groups is 2.